The molecule has 7 heteroatoms. The van der Waals surface area contributed by atoms with Crippen molar-refractivity contribution in [3.63, 3.8) is 0 Å². The summed E-state index contributed by atoms with van der Waals surface area (Å²) in [6.45, 7) is 1.91. The number of hydrogen-bond acceptors (Lipinski definition) is 5. The Morgan fingerprint density at radius 2 is 1.92 bits per heavy atom. The minimum atomic E-state index is -0.159. The molecule has 0 aliphatic rings. The van der Waals surface area contributed by atoms with Gasteiger partial charge in [-0.2, -0.15) is 0 Å². The normalized spacial score (nSPS) is 10.6. The van der Waals surface area contributed by atoms with E-state index in [-0.39, 0.29) is 5.91 Å². The fourth-order valence-corrected chi connectivity index (χ4v) is 4.00. The van der Waals surface area contributed by atoms with Gasteiger partial charge in [-0.05, 0) is 36.2 Å². The van der Waals surface area contributed by atoms with Crippen molar-refractivity contribution in [1.82, 2.24) is 10.2 Å². The zero-order chi connectivity index (χ0) is 16.9. The summed E-state index contributed by atoms with van der Waals surface area (Å²) in [5.74, 6) is 0.655. The second kappa shape index (κ2) is 7.92. The van der Waals surface area contributed by atoms with E-state index in [0.717, 1.165) is 20.1 Å². The second-order valence-corrected chi connectivity index (χ2v) is 8.17. The van der Waals surface area contributed by atoms with Gasteiger partial charge in [-0.3, -0.25) is 10.1 Å². The third-order valence-corrected chi connectivity index (χ3v) is 5.86. The molecule has 0 unspecified atom stereocenters. The molecule has 1 N–H and O–H groups in total. The van der Waals surface area contributed by atoms with E-state index in [9.17, 15) is 4.79 Å². The molecule has 122 valence electrons. The first-order valence-corrected chi connectivity index (χ1v) is 9.79. The highest BCUT2D eigenvalue weighted by molar-refractivity contribution is 9.10. The van der Waals surface area contributed by atoms with Gasteiger partial charge in [0.25, 0.3) is 5.91 Å². The molecule has 3 aromatic rings. The lowest BCUT2D eigenvalue weighted by molar-refractivity contribution is 0.102. The van der Waals surface area contributed by atoms with Crippen molar-refractivity contribution in [2.45, 2.75) is 17.0 Å². The highest BCUT2D eigenvalue weighted by Crippen LogP contribution is 2.29. The SMILES string of the molecule is Cc1ccccc1C(=O)Nc1nnc(SCc2ccc(Br)cc2)s1. The molecule has 0 aliphatic carbocycles. The summed E-state index contributed by atoms with van der Waals surface area (Å²) in [5, 5.41) is 11.5. The molecule has 0 saturated carbocycles. The topological polar surface area (TPSA) is 54.9 Å². The Morgan fingerprint density at radius 1 is 1.17 bits per heavy atom. The number of hydrogen-bond donors (Lipinski definition) is 1. The van der Waals surface area contributed by atoms with Crippen molar-refractivity contribution in [3.05, 3.63) is 69.7 Å². The maximum absolute atomic E-state index is 12.3. The van der Waals surface area contributed by atoms with Crippen molar-refractivity contribution in [1.29, 1.82) is 0 Å². The van der Waals surface area contributed by atoms with E-state index in [1.807, 2.05) is 37.3 Å². The average molecular weight is 420 g/mol. The molecular formula is C17H14BrN3OS2. The van der Waals surface area contributed by atoms with Crippen LogP contribution in [0.25, 0.3) is 0 Å². The fraction of sp³-hybridized carbons (Fsp3) is 0.118. The Bertz CT molecular complexity index is 849. The van der Waals surface area contributed by atoms with Crippen molar-refractivity contribution in [2.24, 2.45) is 0 Å². The number of halogens is 1. The van der Waals surface area contributed by atoms with E-state index >= 15 is 0 Å². The maximum atomic E-state index is 12.3. The van der Waals surface area contributed by atoms with E-state index in [0.29, 0.717) is 10.7 Å². The number of amides is 1. The van der Waals surface area contributed by atoms with E-state index in [4.69, 9.17) is 0 Å². The van der Waals surface area contributed by atoms with Crippen LogP contribution in [0.1, 0.15) is 21.5 Å². The van der Waals surface area contributed by atoms with Crippen LogP contribution in [0.4, 0.5) is 5.13 Å². The Labute approximate surface area is 156 Å². The Hall–Kier alpha value is -1.70. The van der Waals surface area contributed by atoms with Gasteiger partial charge in [0, 0.05) is 15.8 Å². The predicted molar refractivity (Wildman–Crippen MR) is 103 cm³/mol. The predicted octanol–water partition coefficient (Wildman–Crippen LogP) is 5.15. The van der Waals surface area contributed by atoms with Crippen LogP contribution in [0.2, 0.25) is 0 Å². The number of carbonyl (C=O) groups excluding carboxylic acids is 1. The summed E-state index contributed by atoms with van der Waals surface area (Å²) >= 11 is 6.41. The second-order valence-electron chi connectivity index (χ2n) is 5.06. The molecule has 0 saturated heterocycles. The summed E-state index contributed by atoms with van der Waals surface area (Å²) in [6, 6.07) is 15.6. The molecule has 0 fully saturated rings. The van der Waals surface area contributed by atoms with E-state index in [1.165, 1.54) is 16.9 Å². The molecule has 0 bridgehead atoms. The van der Waals surface area contributed by atoms with Gasteiger partial charge < -0.3 is 0 Å². The fourth-order valence-electron chi connectivity index (χ4n) is 2.04. The van der Waals surface area contributed by atoms with Crippen molar-refractivity contribution < 1.29 is 4.79 Å². The summed E-state index contributed by atoms with van der Waals surface area (Å²) < 4.78 is 1.89. The van der Waals surface area contributed by atoms with Gasteiger partial charge in [0.2, 0.25) is 5.13 Å². The first kappa shape index (κ1) is 17.1. The third-order valence-electron chi connectivity index (χ3n) is 3.29. The molecule has 0 atom stereocenters. The number of rotatable bonds is 5. The van der Waals surface area contributed by atoms with Crippen LogP contribution in [0.15, 0.2) is 57.3 Å². The lowest BCUT2D eigenvalue weighted by Crippen LogP contribution is -2.12. The molecule has 3 rings (SSSR count). The first-order chi connectivity index (χ1) is 11.6. The van der Waals surface area contributed by atoms with Crippen LogP contribution < -0.4 is 5.32 Å². The van der Waals surface area contributed by atoms with Crippen LogP contribution in [0.5, 0.6) is 0 Å². The lowest BCUT2D eigenvalue weighted by atomic mass is 10.1. The first-order valence-electron chi connectivity index (χ1n) is 7.19. The number of nitrogens with one attached hydrogen (secondary N) is 1. The van der Waals surface area contributed by atoms with Gasteiger partial charge in [-0.25, -0.2) is 0 Å². The summed E-state index contributed by atoms with van der Waals surface area (Å²) in [6.07, 6.45) is 0. The van der Waals surface area contributed by atoms with E-state index in [2.05, 4.69) is 43.6 Å². The summed E-state index contributed by atoms with van der Waals surface area (Å²) in [7, 11) is 0. The molecular weight excluding hydrogens is 406 g/mol. The molecule has 0 radical (unpaired) electrons. The van der Waals surface area contributed by atoms with Gasteiger partial charge in [-0.15, -0.1) is 10.2 Å². The van der Waals surface area contributed by atoms with E-state index in [1.54, 1.807) is 17.8 Å². The number of thioether (sulfide) groups is 1. The lowest BCUT2D eigenvalue weighted by Gasteiger charge is -2.03. The van der Waals surface area contributed by atoms with Crippen molar-refractivity contribution >= 4 is 50.1 Å². The highest BCUT2D eigenvalue weighted by atomic mass is 79.9. The van der Waals surface area contributed by atoms with Crippen LogP contribution in [0.3, 0.4) is 0 Å². The summed E-state index contributed by atoms with van der Waals surface area (Å²) in [5.41, 5.74) is 2.80. The quantitative estimate of drug-likeness (QED) is 0.458. The van der Waals surface area contributed by atoms with Crippen LogP contribution in [0, 0.1) is 6.92 Å². The zero-order valence-corrected chi connectivity index (χ0v) is 16.0. The number of aromatic nitrogens is 2. The highest BCUT2D eigenvalue weighted by Gasteiger charge is 2.12. The van der Waals surface area contributed by atoms with E-state index < -0.39 is 0 Å². The number of aryl methyl sites for hydroxylation is 1. The van der Waals surface area contributed by atoms with Crippen LogP contribution in [-0.4, -0.2) is 16.1 Å². The van der Waals surface area contributed by atoms with Gasteiger partial charge >= 0.3 is 0 Å². The van der Waals surface area contributed by atoms with Crippen molar-refractivity contribution in [2.75, 3.05) is 5.32 Å². The molecule has 0 spiro atoms. The van der Waals surface area contributed by atoms with Crippen molar-refractivity contribution in [3.8, 4) is 0 Å². The number of nitrogens with zero attached hydrogens (tertiary/aromatic N) is 2. The minimum absolute atomic E-state index is 0.159. The monoisotopic (exact) mass is 419 g/mol. The number of benzene rings is 2. The Kier molecular flexibility index (Phi) is 5.65. The number of carbonyl (C=O) groups is 1. The zero-order valence-electron chi connectivity index (χ0n) is 12.8. The molecule has 24 heavy (non-hydrogen) atoms. The van der Waals surface area contributed by atoms with Gasteiger partial charge in [0.05, 0.1) is 0 Å². The maximum Gasteiger partial charge on any atom is 0.257 e. The smallest absolute Gasteiger partial charge is 0.257 e. The Balaban J connectivity index is 1.60. The number of anilines is 1. The van der Waals surface area contributed by atoms with Gasteiger partial charge in [-0.1, -0.05) is 69.4 Å². The molecule has 0 aliphatic heterocycles. The summed E-state index contributed by atoms with van der Waals surface area (Å²) in [4.78, 5) is 12.3. The largest absolute Gasteiger partial charge is 0.296 e. The standard InChI is InChI=1S/C17H14BrN3OS2/c1-11-4-2-3-5-14(11)15(22)19-16-20-21-17(24-16)23-10-12-6-8-13(18)9-7-12/h2-9H,10H2,1H3,(H,19,20,22). The molecule has 1 amide bonds. The molecule has 1 heterocycles. The average Bonchev–Trinajstić information content (AvgIpc) is 3.02. The molecule has 1 aromatic heterocycles. The van der Waals surface area contributed by atoms with Crippen LogP contribution in [-0.2, 0) is 5.75 Å². The minimum Gasteiger partial charge on any atom is -0.296 e. The molecule has 4 nitrogen and oxygen atoms in total. The third kappa shape index (κ3) is 4.43. The van der Waals surface area contributed by atoms with Gasteiger partial charge in [0.15, 0.2) is 4.34 Å². The Morgan fingerprint density at radius 3 is 2.67 bits per heavy atom. The van der Waals surface area contributed by atoms with Gasteiger partial charge in [0.1, 0.15) is 0 Å². The van der Waals surface area contributed by atoms with Crippen LogP contribution >= 0.6 is 39.0 Å². The molecule has 2 aromatic carbocycles.